The summed E-state index contributed by atoms with van der Waals surface area (Å²) in [5.74, 6) is 0.459. The topological polar surface area (TPSA) is 31.2 Å². The molecule has 0 N–H and O–H groups in total. The zero-order chi connectivity index (χ0) is 15.5. The van der Waals surface area contributed by atoms with E-state index in [2.05, 4.69) is 0 Å². The lowest BCUT2D eigenvalue weighted by atomic mass is 10.2. The van der Waals surface area contributed by atoms with Crippen molar-refractivity contribution in [2.75, 3.05) is 6.61 Å². The molecule has 0 unspecified atom stereocenters. The van der Waals surface area contributed by atoms with E-state index in [1.54, 1.807) is 24.3 Å². The van der Waals surface area contributed by atoms with Gasteiger partial charge in [-0.3, -0.25) is 9.36 Å². The lowest BCUT2D eigenvalue weighted by Gasteiger charge is -2.13. The monoisotopic (exact) mass is 297 g/mol. The van der Waals surface area contributed by atoms with Gasteiger partial charge in [0.25, 0.3) is 5.56 Å². The van der Waals surface area contributed by atoms with Crippen LogP contribution in [0.15, 0.2) is 47.4 Å². The van der Waals surface area contributed by atoms with Crippen molar-refractivity contribution in [1.82, 2.24) is 4.57 Å². The molecule has 2 aromatic rings. The minimum absolute atomic E-state index is 0.421. The van der Waals surface area contributed by atoms with Crippen molar-refractivity contribution in [2.24, 2.45) is 0 Å². The Morgan fingerprint density at radius 1 is 1.19 bits per heavy atom. The van der Waals surface area contributed by atoms with Gasteiger partial charge in [0.2, 0.25) is 0 Å². The van der Waals surface area contributed by atoms with Gasteiger partial charge in [0, 0.05) is 12.3 Å². The molecule has 1 aromatic carbocycles. The number of pyridine rings is 1. The predicted molar refractivity (Wildman–Crippen MR) is 72.8 cm³/mol. The molecule has 0 atom stereocenters. The standard InChI is InChI=1S/C15H14F3NO2/c1-2-9-21-13-6-4-3-5-12(13)19-8-7-11(10-14(19)20)15(16,17)18/h3-8,10H,2,9H2,1H3. The SMILES string of the molecule is CCCOc1ccccc1-n1ccc(C(F)(F)F)cc1=O. The maximum atomic E-state index is 12.6. The predicted octanol–water partition coefficient (Wildman–Crippen LogP) is 3.65. The Hall–Kier alpha value is -2.24. The van der Waals surface area contributed by atoms with Crippen LogP contribution in [0.25, 0.3) is 5.69 Å². The minimum atomic E-state index is -4.53. The van der Waals surface area contributed by atoms with E-state index in [0.717, 1.165) is 23.3 Å². The lowest BCUT2D eigenvalue weighted by Crippen LogP contribution is -2.20. The molecule has 0 saturated carbocycles. The summed E-state index contributed by atoms with van der Waals surface area (Å²) in [6.07, 6.45) is -2.63. The lowest BCUT2D eigenvalue weighted by molar-refractivity contribution is -0.137. The average molecular weight is 297 g/mol. The van der Waals surface area contributed by atoms with Gasteiger partial charge in [-0.2, -0.15) is 13.2 Å². The number of ether oxygens (including phenoxy) is 1. The smallest absolute Gasteiger partial charge is 0.416 e. The first-order valence-corrected chi connectivity index (χ1v) is 6.45. The average Bonchev–Trinajstić information content (AvgIpc) is 2.44. The van der Waals surface area contributed by atoms with E-state index in [-0.39, 0.29) is 0 Å². The van der Waals surface area contributed by atoms with Crippen molar-refractivity contribution in [3.63, 3.8) is 0 Å². The van der Waals surface area contributed by atoms with Crippen LogP contribution < -0.4 is 10.3 Å². The van der Waals surface area contributed by atoms with Crippen molar-refractivity contribution in [2.45, 2.75) is 19.5 Å². The molecule has 21 heavy (non-hydrogen) atoms. The van der Waals surface area contributed by atoms with Crippen LogP contribution >= 0.6 is 0 Å². The van der Waals surface area contributed by atoms with E-state index in [4.69, 9.17) is 4.74 Å². The number of benzene rings is 1. The Balaban J connectivity index is 2.46. The molecule has 1 aromatic heterocycles. The normalized spacial score (nSPS) is 11.4. The summed E-state index contributed by atoms with van der Waals surface area (Å²) in [4.78, 5) is 11.9. The second-order valence-electron chi connectivity index (χ2n) is 4.44. The molecule has 0 saturated heterocycles. The van der Waals surface area contributed by atoms with E-state index in [1.807, 2.05) is 6.92 Å². The van der Waals surface area contributed by atoms with Gasteiger partial charge >= 0.3 is 6.18 Å². The number of alkyl halides is 3. The minimum Gasteiger partial charge on any atom is -0.491 e. The Morgan fingerprint density at radius 2 is 1.90 bits per heavy atom. The number of halogens is 3. The molecule has 6 heteroatoms. The molecule has 112 valence electrons. The van der Waals surface area contributed by atoms with Gasteiger partial charge in [-0.25, -0.2) is 0 Å². The highest BCUT2D eigenvalue weighted by Crippen LogP contribution is 2.28. The van der Waals surface area contributed by atoms with Crippen molar-refractivity contribution < 1.29 is 17.9 Å². The molecule has 0 aliphatic carbocycles. The fourth-order valence-electron chi connectivity index (χ4n) is 1.84. The van der Waals surface area contributed by atoms with Gasteiger partial charge < -0.3 is 4.74 Å². The summed E-state index contributed by atoms with van der Waals surface area (Å²) in [7, 11) is 0. The largest absolute Gasteiger partial charge is 0.491 e. The Morgan fingerprint density at radius 3 is 2.52 bits per heavy atom. The molecule has 3 nitrogen and oxygen atoms in total. The van der Waals surface area contributed by atoms with E-state index in [0.29, 0.717) is 24.1 Å². The Labute approximate surface area is 119 Å². The van der Waals surface area contributed by atoms with Gasteiger partial charge in [-0.1, -0.05) is 19.1 Å². The first kappa shape index (κ1) is 15.2. The van der Waals surface area contributed by atoms with E-state index >= 15 is 0 Å². The number of aromatic nitrogens is 1. The van der Waals surface area contributed by atoms with Crippen molar-refractivity contribution in [3.8, 4) is 11.4 Å². The van der Waals surface area contributed by atoms with Crippen molar-refractivity contribution >= 4 is 0 Å². The molecule has 0 spiro atoms. The molecule has 1 heterocycles. The Bertz CT molecular complexity index is 677. The summed E-state index contributed by atoms with van der Waals surface area (Å²) in [6, 6.07) is 8.19. The van der Waals surface area contributed by atoms with Crippen LogP contribution in [0, 0.1) is 0 Å². The summed E-state index contributed by atoms with van der Waals surface area (Å²) < 4.78 is 44.4. The van der Waals surface area contributed by atoms with Crippen molar-refractivity contribution in [1.29, 1.82) is 0 Å². The number of hydrogen-bond donors (Lipinski definition) is 0. The van der Waals surface area contributed by atoms with E-state index in [9.17, 15) is 18.0 Å². The summed E-state index contributed by atoms with van der Waals surface area (Å²) in [5.41, 5.74) is -1.29. The third-order valence-electron chi connectivity index (χ3n) is 2.83. The quantitative estimate of drug-likeness (QED) is 0.862. The van der Waals surface area contributed by atoms with Crippen LogP contribution in [0.4, 0.5) is 13.2 Å². The van der Waals surface area contributed by atoms with Crippen LogP contribution in [0.5, 0.6) is 5.75 Å². The molecule has 0 amide bonds. The second kappa shape index (κ2) is 6.03. The van der Waals surface area contributed by atoms with Gasteiger partial charge in [0.05, 0.1) is 17.9 Å². The number of hydrogen-bond acceptors (Lipinski definition) is 2. The third-order valence-corrected chi connectivity index (χ3v) is 2.83. The molecule has 0 bridgehead atoms. The molecule has 2 rings (SSSR count). The van der Waals surface area contributed by atoms with Gasteiger partial charge in [0.15, 0.2) is 0 Å². The van der Waals surface area contributed by atoms with Crippen molar-refractivity contribution in [3.05, 3.63) is 58.5 Å². The van der Waals surface area contributed by atoms with Gasteiger partial charge in [0.1, 0.15) is 5.75 Å². The number of para-hydroxylation sites is 2. The maximum Gasteiger partial charge on any atom is 0.416 e. The summed E-state index contributed by atoms with van der Waals surface area (Å²) in [6.45, 7) is 2.40. The fraction of sp³-hybridized carbons (Fsp3) is 0.267. The maximum absolute atomic E-state index is 12.6. The molecule has 0 aliphatic rings. The highest BCUT2D eigenvalue weighted by Gasteiger charge is 2.31. The molecule has 0 fully saturated rings. The summed E-state index contributed by atoms with van der Waals surface area (Å²) in [5, 5.41) is 0. The third kappa shape index (κ3) is 3.45. The molecular formula is C15H14F3NO2. The van der Waals surface area contributed by atoms with Crippen LogP contribution in [0.2, 0.25) is 0 Å². The Kier molecular flexibility index (Phi) is 4.35. The zero-order valence-electron chi connectivity index (χ0n) is 11.4. The number of rotatable bonds is 4. The van der Waals surface area contributed by atoms with Crippen LogP contribution in [0.1, 0.15) is 18.9 Å². The molecule has 0 aliphatic heterocycles. The highest BCUT2D eigenvalue weighted by molar-refractivity contribution is 5.47. The first-order valence-electron chi connectivity index (χ1n) is 6.45. The summed E-state index contributed by atoms with van der Waals surface area (Å²) >= 11 is 0. The fourth-order valence-corrected chi connectivity index (χ4v) is 1.84. The van der Waals surface area contributed by atoms with Crippen LogP contribution in [-0.2, 0) is 6.18 Å². The second-order valence-corrected chi connectivity index (χ2v) is 4.44. The van der Waals surface area contributed by atoms with Gasteiger partial charge in [-0.15, -0.1) is 0 Å². The first-order chi connectivity index (χ1) is 9.93. The van der Waals surface area contributed by atoms with Crippen LogP contribution in [-0.4, -0.2) is 11.2 Å². The molecule has 0 radical (unpaired) electrons. The number of nitrogens with zero attached hydrogens (tertiary/aromatic N) is 1. The van der Waals surface area contributed by atoms with Crippen LogP contribution in [0.3, 0.4) is 0 Å². The van der Waals surface area contributed by atoms with Gasteiger partial charge in [-0.05, 0) is 24.6 Å². The zero-order valence-corrected chi connectivity index (χ0v) is 11.4. The highest BCUT2D eigenvalue weighted by atomic mass is 19.4. The van der Waals surface area contributed by atoms with E-state index in [1.165, 1.54) is 0 Å². The van der Waals surface area contributed by atoms with E-state index < -0.39 is 17.3 Å². The molecular weight excluding hydrogens is 283 g/mol.